The number of carbonyl (C=O) groups excluding carboxylic acids is 1. The van der Waals surface area contributed by atoms with E-state index >= 15 is 0 Å². The largest absolute Gasteiger partial charge is 0.399 e. The lowest BCUT2D eigenvalue weighted by atomic mass is 10.1. The summed E-state index contributed by atoms with van der Waals surface area (Å²) in [6, 6.07) is 7.21. The third-order valence-corrected chi connectivity index (χ3v) is 3.33. The number of benzene rings is 1. The molecule has 0 radical (unpaired) electrons. The van der Waals surface area contributed by atoms with Crippen molar-refractivity contribution in [2.45, 2.75) is 26.8 Å². The van der Waals surface area contributed by atoms with Crippen LogP contribution in [0.4, 0.5) is 5.69 Å². The van der Waals surface area contributed by atoms with Crippen LogP contribution in [0.15, 0.2) is 28.7 Å². The molecule has 2 rings (SSSR count). The van der Waals surface area contributed by atoms with Gasteiger partial charge in [-0.1, -0.05) is 15.9 Å². The minimum atomic E-state index is 0.0441. The molecular formula is C14H16BrN3O. The molecular weight excluding hydrogens is 306 g/mol. The molecule has 4 nitrogen and oxygen atoms in total. The van der Waals surface area contributed by atoms with Gasteiger partial charge < -0.3 is 5.73 Å². The fraction of sp³-hybridized carbons (Fsp3) is 0.286. The lowest BCUT2D eigenvalue weighted by molar-refractivity contribution is 0.0990. The van der Waals surface area contributed by atoms with Gasteiger partial charge in [0, 0.05) is 28.0 Å². The van der Waals surface area contributed by atoms with E-state index in [0.29, 0.717) is 17.7 Å². The highest BCUT2D eigenvalue weighted by atomic mass is 79.9. The molecule has 0 amide bonds. The summed E-state index contributed by atoms with van der Waals surface area (Å²) in [5.74, 6) is 0.0441. The summed E-state index contributed by atoms with van der Waals surface area (Å²) < 4.78 is 2.67. The molecule has 1 aromatic carbocycles. The fourth-order valence-electron chi connectivity index (χ4n) is 2.06. The van der Waals surface area contributed by atoms with Gasteiger partial charge in [-0.25, -0.2) is 0 Å². The molecule has 0 saturated heterocycles. The van der Waals surface area contributed by atoms with Gasteiger partial charge in [0.15, 0.2) is 5.78 Å². The molecule has 2 N–H and O–H groups in total. The zero-order valence-corrected chi connectivity index (χ0v) is 12.6. The number of nitrogens with zero attached hydrogens (tertiary/aromatic N) is 2. The standard InChI is InChI=1S/C14H16BrN3O/c1-3-18-13(4-9(2)17-18)8-14(19)10-5-11(15)7-12(16)6-10/h4-7H,3,8,16H2,1-2H3. The van der Waals surface area contributed by atoms with Crippen molar-refractivity contribution in [3.63, 3.8) is 0 Å². The molecule has 2 aromatic rings. The Morgan fingerprint density at radius 1 is 1.37 bits per heavy atom. The number of hydrogen-bond donors (Lipinski definition) is 1. The van der Waals surface area contributed by atoms with E-state index in [9.17, 15) is 4.79 Å². The quantitative estimate of drug-likeness (QED) is 0.695. The van der Waals surface area contributed by atoms with Crippen molar-refractivity contribution in [2.75, 3.05) is 5.73 Å². The Bertz CT molecular complexity index is 599. The van der Waals surface area contributed by atoms with Gasteiger partial charge in [-0.2, -0.15) is 5.10 Å². The summed E-state index contributed by atoms with van der Waals surface area (Å²) >= 11 is 3.35. The molecule has 100 valence electrons. The van der Waals surface area contributed by atoms with Crippen LogP contribution < -0.4 is 5.73 Å². The molecule has 0 saturated carbocycles. The number of nitrogen functional groups attached to an aromatic ring is 1. The number of halogens is 1. The van der Waals surface area contributed by atoms with Crippen LogP contribution >= 0.6 is 15.9 Å². The highest BCUT2D eigenvalue weighted by Crippen LogP contribution is 2.19. The van der Waals surface area contributed by atoms with Crippen LogP contribution in [0.1, 0.15) is 28.7 Å². The third-order valence-electron chi connectivity index (χ3n) is 2.87. The van der Waals surface area contributed by atoms with Gasteiger partial charge >= 0.3 is 0 Å². The average molecular weight is 322 g/mol. The van der Waals surface area contributed by atoms with Gasteiger partial charge in [0.2, 0.25) is 0 Å². The average Bonchev–Trinajstić information content (AvgIpc) is 2.68. The first-order chi connectivity index (χ1) is 8.99. The number of Topliss-reactive ketones (excluding diaryl/α,β-unsaturated/α-hetero) is 1. The smallest absolute Gasteiger partial charge is 0.168 e. The van der Waals surface area contributed by atoms with Crippen molar-refractivity contribution in [1.29, 1.82) is 0 Å². The van der Waals surface area contributed by atoms with E-state index < -0.39 is 0 Å². The van der Waals surface area contributed by atoms with Crippen molar-refractivity contribution in [2.24, 2.45) is 0 Å². The van der Waals surface area contributed by atoms with E-state index in [1.54, 1.807) is 18.2 Å². The van der Waals surface area contributed by atoms with Crippen molar-refractivity contribution in [3.05, 3.63) is 45.7 Å². The molecule has 1 aromatic heterocycles. The van der Waals surface area contributed by atoms with Crippen molar-refractivity contribution in [3.8, 4) is 0 Å². The molecule has 5 heteroatoms. The van der Waals surface area contributed by atoms with Gasteiger partial charge in [0.05, 0.1) is 12.1 Å². The summed E-state index contributed by atoms with van der Waals surface area (Å²) in [6.45, 7) is 4.70. The minimum absolute atomic E-state index is 0.0441. The predicted octanol–water partition coefficient (Wildman–Crippen LogP) is 2.98. The summed E-state index contributed by atoms with van der Waals surface area (Å²) in [7, 11) is 0. The lowest BCUT2D eigenvalue weighted by Crippen LogP contribution is -2.10. The van der Waals surface area contributed by atoms with E-state index in [2.05, 4.69) is 21.0 Å². The normalized spacial score (nSPS) is 10.7. The molecule has 0 aliphatic heterocycles. The van der Waals surface area contributed by atoms with Crippen LogP contribution in [0.3, 0.4) is 0 Å². The van der Waals surface area contributed by atoms with E-state index in [1.807, 2.05) is 24.6 Å². The van der Waals surface area contributed by atoms with Gasteiger partial charge in [0.1, 0.15) is 0 Å². The fourth-order valence-corrected chi connectivity index (χ4v) is 2.57. The summed E-state index contributed by atoms with van der Waals surface area (Å²) in [6.07, 6.45) is 0.338. The van der Waals surface area contributed by atoms with Crippen molar-refractivity contribution >= 4 is 27.4 Å². The maximum Gasteiger partial charge on any atom is 0.168 e. The zero-order chi connectivity index (χ0) is 14.0. The monoisotopic (exact) mass is 321 g/mol. The molecule has 0 fully saturated rings. The van der Waals surface area contributed by atoms with E-state index in [4.69, 9.17) is 5.73 Å². The number of rotatable bonds is 4. The first-order valence-corrected chi connectivity index (χ1v) is 6.91. The highest BCUT2D eigenvalue weighted by molar-refractivity contribution is 9.10. The number of nitrogens with two attached hydrogens (primary N) is 1. The molecule has 1 heterocycles. The predicted molar refractivity (Wildman–Crippen MR) is 79.2 cm³/mol. The second-order valence-electron chi connectivity index (χ2n) is 4.47. The number of anilines is 1. The Morgan fingerprint density at radius 3 is 2.74 bits per heavy atom. The van der Waals surface area contributed by atoms with Gasteiger partial charge in [-0.05, 0) is 38.1 Å². The Hall–Kier alpha value is -1.62. The molecule has 0 spiro atoms. The Labute approximate surface area is 120 Å². The van der Waals surface area contributed by atoms with Crippen LogP contribution in [-0.2, 0) is 13.0 Å². The van der Waals surface area contributed by atoms with Gasteiger partial charge in [-0.3, -0.25) is 9.48 Å². The maximum absolute atomic E-state index is 12.3. The van der Waals surface area contributed by atoms with E-state index in [0.717, 1.165) is 22.4 Å². The molecule has 0 atom stereocenters. The van der Waals surface area contributed by atoms with Gasteiger partial charge in [-0.15, -0.1) is 0 Å². The number of aryl methyl sites for hydroxylation is 2. The van der Waals surface area contributed by atoms with Crippen LogP contribution in [0.2, 0.25) is 0 Å². The first kappa shape index (κ1) is 13.8. The first-order valence-electron chi connectivity index (χ1n) is 6.12. The van der Waals surface area contributed by atoms with Crippen molar-refractivity contribution in [1.82, 2.24) is 9.78 Å². The number of hydrogen-bond acceptors (Lipinski definition) is 3. The second kappa shape index (κ2) is 5.57. The molecule has 19 heavy (non-hydrogen) atoms. The summed E-state index contributed by atoms with van der Waals surface area (Å²) in [5.41, 5.74) is 8.81. The number of carbonyl (C=O) groups is 1. The molecule has 0 aliphatic carbocycles. The topological polar surface area (TPSA) is 60.9 Å². The van der Waals surface area contributed by atoms with Crippen LogP contribution in [0.5, 0.6) is 0 Å². The Morgan fingerprint density at radius 2 is 2.11 bits per heavy atom. The Kier molecular flexibility index (Phi) is 4.04. The summed E-state index contributed by atoms with van der Waals surface area (Å²) in [5, 5.41) is 4.34. The maximum atomic E-state index is 12.3. The third kappa shape index (κ3) is 3.23. The SMILES string of the molecule is CCn1nc(C)cc1CC(=O)c1cc(N)cc(Br)c1. The number of aromatic nitrogens is 2. The van der Waals surface area contributed by atoms with E-state index in [1.165, 1.54) is 0 Å². The van der Waals surface area contributed by atoms with Crippen LogP contribution in [0.25, 0.3) is 0 Å². The Balaban J connectivity index is 2.25. The van der Waals surface area contributed by atoms with Crippen molar-refractivity contribution < 1.29 is 4.79 Å². The molecule has 0 aliphatic rings. The van der Waals surface area contributed by atoms with Crippen LogP contribution in [0, 0.1) is 6.92 Å². The highest BCUT2D eigenvalue weighted by Gasteiger charge is 2.12. The lowest BCUT2D eigenvalue weighted by Gasteiger charge is -2.05. The zero-order valence-electron chi connectivity index (χ0n) is 11.0. The number of ketones is 1. The van der Waals surface area contributed by atoms with Gasteiger partial charge in [0.25, 0.3) is 0 Å². The van der Waals surface area contributed by atoms with Crippen LogP contribution in [-0.4, -0.2) is 15.6 Å². The molecule has 0 unspecified atom stereocenters. The van der Waals surface area contributed by atoms with E-state index in [-0.39, 0.29) is 5.78 Å². The summed E-state index contributed by atoms with van der Waals surface area (Å²) in [4.78, 5) is 12.3. The minimum Gasteiger partial charge on any atom is -0.399 e. The molecule has 0 bridgehead atoms. The second-order valence-corrected chi connectivity index (χ2v) is 5.38.